The molecule has 4 aromatic rings. The molecule has 7 nitrogen and oxygen atoms in total. The fourth-order valence-electron chi connectivity index (χ4n) is 2.27. The van der Waals surface area contributed by atoms with Gasteiger partial charge in [-0.2, -0.15) is 0 Å². The van der Waals surface area contributed by atoms with Crippen molar-refractivity contribution < 1.29 is 9.21 Å². The van der Waals surface area contributed by atoms with Crippen LogP contribution in [0.4, 0.5) is 5.69 Å². The van der Waals surface area contributed by atoms with Crippen molar-refractivity contribution in [2.24, 2.45) is 0 Å². The van der Waals surface area contributed by atoms with Crippen LogP contribution in [-0.2, 0) is 0 Å². The number of halogens is 1. The number of hydrogen-bond acceptors (Lipinski definition) is 5. The van der Waals surface area contributed by atoms with Gasteiger partial charge < -0.3 is 14.7 Å². The van der Waals surface area contributed by atoms with Crippen LogP contribution in [0, 0.1) is 0 Å². The number of imidazole rings is 1. The molecule has 4 rings (SSSR count). The number of nitrogens with zero attached hydrogens (tertiary/aromatic N) is 3. The summed E-state index contributed by atoms with van der Waals surface area (Å²) in [5, 5.41) is 3.25. The van der Waals surface area contributed by atoms with Gasteiger partial charge in [0.1, 0.15) is 17.7 Å². The lowest BCUT2D eigenvalue weighted by molar-refractivity contribution is 0.0996. The quantitative estimate of drug-likeness (QED) is 0.595. The molecule has 0 saturated heterocycles. The van der Waals surface area contributed by atoms with Gasteiger partial charge in [-0.1, -0.05) is 11.6 Å². The molecule has 1 aromatic carbocycles. The molecule has 0 fully saturated rings. The Morgan fingerprint density at radius 2 is 2.21 bits per heavy atom. The largest absolute Gasteiger partial charge is 0.459 e. The van der Waals surface area contributed by atoms with E-state index < -0.39 is 0 Å². The Labute approximate surface area is 140 Å². The van der Waals surface area contributed by atoms with Crippen LogP contribution in [0.1, 0.15) is 10.6 Å². The molecule has 118 valence electrons. The number of carbonyl (C=O) groups is 1. The molecule has 0 spiro atoms. The number of furan rings is 1. The highest BCUT2D eigenvalue weighted by molar-refractivity contribution is 6.33. The first kappa shape index (κ1) is 14.4. The van der Waals surface area contributed by atoms with Crippen LogP contribution in [0.5, 0.6) is 0 Å². The molecule has 0 unspecified atom stereocenters. The Morgan fingerprint density at radius 3 is 3.00 bits per heavy atom. The number of aromatic nitrogens is 4. The predicted molar refractivity (Wildman–Crippen MR) is 88.8 cm³/mol. The van der Waals surface area contributed by atoms with Gasteiger partial charge in [-0.25, -0.2) is 15.0 Å². The Bertz CT molecular complexity index is 993. The first-order valence-electron chi connectivity index (χ1n) is 7.01. The van der Waals surface area contributed by atoms with E-state index in [4.69, 9.17) is 16.0 Å². The zero-order valence-corrected chi connectivity index (χ0v) is 12.9. The zero-order chi connectivity index (χ0) is 16.5. The first-order chi connectivity index (χ1) is 11.7. The van der Waals surface area contributed by atoms with Crippen molar-refractivity contribution in [3.63, 3.8) is 0 Å². The summed E-state index contributed by atoms with van der Waals surface area (Å²) in [6.07, 6.45) is 4.50. The summed E-state index contributed by atoms with van der Waals surface area (Å²) in [6, 6.07) is 8.36. The number of aromatic amines is 1. The van der Waals surface area contributed by atoms with Crippen molar-refractivity contribution in [2.45, 2.75) is 0 Å². The van der Waals surface area contributed by atoms with Crippen molar-refractivity contribution in [3.05, 3.63) is 59.9 Å². The lowest BCUT2D eigenvalue weighted by Gasteiger charge is -2.07. The molecule has 0 radical (unpaired) electrons. The van der Waals surface area contributed by atoms with Gasteiger partial charge in [-0.15, -0.1) is 0 Å². The topological polar surface area (TPSA) is 96.7 Å². The number of anilines is 1. The maximum atomic E-state index is 12.1. The molecule has 0 aliphatic carbocycles. The fraction of sp³-hybridized carbons (Fsp3) is 0. The van der Waals surface area contributed by atoms with Crippen LogP contribution in [0.2, 0.25) is 5.02 Å². The second kappa shape index (κ2) is 5.78. The molecule has 3 heterocycles. The number of H-pyrrole nitrogens is 1. The fourth-order valence-corrected chi connectivity index (χ4v) is 2.48. The average molecular weight is 340 g/mol. The van der Waals surface area contributed by atoms with Crippen molar-refractivity contribution in [1.29, 1.82) is 0 Å². The van der Waals surface area contributed by atoms with Crippen molar-refractivity contribution >= 4 is 34.4 Å². The lowest BCUT2D eigenvalue weighted by atomic mass is 10.2. The highest BCUT2D eigenvalue weighted by Gasteiger charge is 2.13. The summed E-state index contributed by atoms with van der Waals surface area (Å²) in [4.78, 5) is 27.6. The molecule has 3 aromatic heterocycles. The van der Waals surface area contributed by atoms with E-state index in [2.05, 4.69) is 25.3 Å². The lowest BCUT2D eigenvalue weighted by Crippen LogP contribution is -2.10. The molecule has 0 atom stereocenters. The maximum Gasteiger partial charge on any atom is 0.291 e. The summed E-state index contributed by atoms with van der Waals surface area (Å²) in [6.45, 7) is 0. The maximum absolute atomic E-state index is 12.1. The van der Waals surface area contributed by atoms with E-state index in [0.717, 1.165) is 0 Å². The third-order valence-corrected chi connectivity index (χ3v) is 3.72. The number of hydrogen-bond donors (Lipinski definition) is 2. The summed E-state index contributed by atoms with van der Waals surface area (Å²) >= 11 is 6.27. The third-order valence-electron chi connectivity index (χ3n) is 3.39. The van der Waals surface area contributed by atoms with Gasteiger partial charge in [0, 0.05) is 11.3 Å². The molecular formula is C16H10ClN5O2. The van der Waals surface area contributed by atoms with E-state index >= 15 is 0 Å². The highest BCUT2D eigenvalue weighted by atomic mass is 35.5. The van der Waals surface area contributed by atoms with Crippen LogP contribution < -0.4 is 5.32 Å². The molecule has 0 bridgehead atoms. The standard InChI is InChI=1S/C16H10ClN5O2/c17-11-4-3-9(20-16(23)13-2-1-5-24-13)6-10(11)14-21-12-7-18-8-19-15(12)22-14/h1-8H,(H,20,23)(H,18,19,21,22). The number of carbonyl (C=O) groups excluding carboxylic acids is 1. The molecule has 8 heteroatoms. The van der Waals surface area contributed by atoms with Crippen molar-refractivity contribution in [3.8, 4) is 11.4 Å². The van der Waals surface area contributed by atoms with E-state index in [1.165, 1.54) is 12.6 Å². The Balaban J connectivity index is 1.69. The van der Waals surface area contributed by atoms with Crippen LogP contribution in [0.3, 0.4) is 0 Å². The van der Waals surface area contributed by atoms with Gasteiger partial charge in [0.15, 0.2) is 11.4 Å². The third kappa shape index (κ3) is 2.61. The zero-order valence-electron chi connectivity index (χ0n) is 12.2. The average Bonchev–Trinajstić information content (AvgIpc) is 3.25. The molecular weight excluding hydrogens is 330 g/mol. The van der Waals surface area contributed by atoms with Gasteiger partial charge in [0.25, 0.3) is 5.91 Å². The van der Waals surface area contributed by atoms with E-state index in [-0.39, 0.29) is 11.7 Å². The van der Waals surface area contributed by atoms with Gasteiger partial charge in [-0.05, 0) is 30.3 Å². The minimum atomic E-state index is -0.344. The number of benzene rings is 1. The predicted octanol–water partition coefficient (Wildman–Crippen LogP) is 3.52. The van der Waals surface area contributed by atoms with Gasteiger partial charge in [-0.3, -0.25) is 4.79 Å². The number of amides is 1. The van der Waals surface area contributed by atoms with Crippen molar-refractivity contribution in [1.82, 2.24) is 19.9 Å². The normalized spacial score (nSPS) is 10.9. The highest BCUT2D eigenvalue weighted by Crippen LogP contribution is 2.30. The Kier molecular flexibility index (Phi) is 3.47. The second-order valence-corrected chi connectivity index (χ2v) is 5.38. The SMILES string of the molecule is O=C(Nc1ccc(Cl)c(-c2nc3ncncc3[nH]2)c1)c1ccco1. The number of rotatable bonds is 3. The molecule has 2 N–H and O–H groups in total. The first-order valence-corrected chi connectivity index (χ1v) is 7.39. The van der Waals surface area contributed by atoms with Gasteiger partial charge >= 0.3 is 0 Å². The van der Waals surface area contributed by atoms with Crippen molar-refractivity contribution in [2.75, 3.05) is 5.32 Å². The van der Waals surface area contributed by atoms with Crippen LogP contribution >= 0.6 is 11.6 Å². The van der Waals surface area contributed by atoms with Gasteiger partial charge in [0.05, 0.1) is 17.5 Å². The van der Waals surface area contributed by atoms with Gasteiger partial charge in [0.2, 0.25) is 0 Å². The Morgan fingerprint density at radius 1 is 1.29 bits per heavy atom. The van der Waals surface area contributed by atoms with Crippen LogP contribution in [0.15, 0.2) is 53.5 Å². The smallest absolute Gasteiger partial charge is 0.291 e. The molecule has 0 aliphatic heterocycles. The molecule has 1 amide bonds. The summed E-state index contributed by atoms with van der Waals surface area (Å²) in [5.41, 5.74) is 2.46. The monoisotopic (exact) mass is 339 g/mol. The molecule has 0 saturated carbocycles. The number of nitrogens with one attached hydrogen (secondary N) is 2. The van der Waals surface area contributed by atoms with E-state index in [9.17, 15) is 4.79 Å². The van der Waals surface area contributed by atoms with Crippen LogP contribution in [0.25, 0.3) is 22.6 Å². The minimum absolute atomic E-state index is 0.227. The second-order valence-electron chi connectivity index (χ2n) is 4.97. The number of fused-ring (bicyclic) bond motifs is 1. The minimum Gasteiger partial charge on any atom is -0.459 e. The van der Waals surface area contributed by atoms with E-state index in [0.29, 0.717) is 33.3 Å². The molecule has 24 heavy (non-hydrogen) atoms. The Hall–Kier alpha value is -3.19. The van der Waals surface area contributed by atoms with E-state index in [1.807, 2.05) is 0 Å². The van der Waals surface area contributed by atoms with E-state index in [1.54, 1.807) is 36.5 Å². The summed E-state index contributed by atoms with van der Waals surface area (Å²) in [5.74, 6) is 0.429. The summed E-state index contributed by atoms with van der Waals surface area (Å²) < 4.78 is 5.07. The summed E-state index contributed by atoms with van der Waals surface area (Å²) in [7, 11) is 0. The molecule has 0 aliphatic rings. The van der Waals surface area contributed by atoms with Crippen LogP contribution in [-0.4, -0.2) is 25.8 Å².